The van der Waals surface area contributed by atoms with Crippen LogP contribution in [-0.4, -0.2) is 15.0 Å². The van der Waals surface area contributed by atoms with Crippen molar-refractivity contribution in [3.8, 4) is 56.4 Å². The molecule has 0 unspecified atom stereocenters. The zero-order valence-electron chi connectivity index (χ0n) is 32.3. The predicted octanol–water partition coefficient (Wildman–Crippen LogP) is 14.0. The average Bonchev–Trinajstić information content (AvgIpc) is 3.24. The standard InChI is InChI=1S/C53H43N3/c1-52(2)30-31-53(3,4)48-33-40(26-29-47(48)52)42-27-28-46(44-18-10-9-17-43(42)44)51-55-49(54-50(56-51)45-19-11-15-36-13-7-8-16-41(36)45)37-23-20-35(21-24-37)39-25-22-34-12-5-6-14-38(34)32-39/h5-29,32-33H,30-31H2,1-4H3. The fourth-order valence-corrected chi connectivity index (χ4v) is 8.85. The van der Waals surface area contributed by atoms with Crippen molar-refractivity contribution in [1.82, 2.24) is 15.0 Å². The number of aromatic nitrogens is 3. The molecule has 1 aliphatic rings. The van der Waals surface area contributed by atoms with Crippen molar-refractivity contribution in [2.45, 2.75) is 51.4 Å². The first kappa shape index (κ1) is 34.1. The lowest BCUT2D eigenvalue weighted by Gasteiger charge is -2.42. The molecular weight excluding hydrogens is 679 g/mol. The molecule has 0 saturated carbocycles. The number of rotatable bonds is 5. The van der Waals surface area contributed by atoms with Crippen LogP contribution in [0, 0.1) is 0 Å². The second-order valence-corrected chi connectivity index (χ2v) is 16.7. The van der Waals surface area contributed by atoms with Gasteiger partial charge in [-0.3, -0.25) is 0 Å². The lowest BCUT2D eigenvalue weighted by atomic mass is 9.63. The fraction of sp³-hybridized carbons (Fsp3) is 0.151. The summed E-state index contributed by atoms with van der Waals surface area (Å²) in [5.41, 5.74) is 11.0. The van der Waals surface area contributed by atoms with Gasteiger partial charge >= 0.3 is 0 Å². The van der Waals surface area contributed by atoms with E-state index in [-0.39, 0.29) is 10.8 Å². The molecular formula is C53H43N3. The first-order chi connectivity index (χ1) is 27.2. The maximum Gasteiger partial charge on any atom is 0.164 e. The Balaban J connectivity index is 1.12. The highest BCUT2D eigenvalue weighted by Crippen LogP contribution is 2.47. The third-order valence-corrected chi connectivity index (χ3v) is 12.2. The Labute approximate surface area is 328 Å². The molecule has 1 heterocycles. The summed E-state index contributed by atoms with van der Waals surface area (Å²) < 4.78 is 0. The number of hydrogen-bond donors (Lipinski definition) is 0. The van der Waals surface area contributed by atoms with Gasteiger partial charge in [-0.05, 0) is 102 Å². The van der Waals surface area contributed by atoms with E-state index < -0.39 is 0 Å². The Kier molecular flexibility index (Phi) is 7.97. The second-order valence-electron chi connectivity index (χ2n) is 16.7. The van der Waals surface area contributed by atoms with E-state index in [1.54, 1.807) is 0 Å². The normalized spacial score (nSPS) is 14.6. The zero-order chi connectivity index (χ0) is 38.0. The number of benzene rings is 8. The van der Waals surface area contributed by atoms with Crippen LogP contribution in [0.15, 0.2) is 164 Å². The molecule has 10 rings (SSSR count). The zero-order valence-corrected chi connectivity index (χ0v) is 32.3. The molecule has 0 amide bonds. The van der Waals surface area contributed by atoms with Crippen LogP contribution in [0.3, 0.4) is 0 Å². The van der Waals surface area contributed by atoms with Crippen LogP contribution >= 0.6 is 0 Å². The average molecular weight is 722 g/mol. The van der Waals surface area contributed by atoms with Crippen molar-refractivity contribution in [2.24, 2.45) is 0 Å². The van der Waals surface area contributed by atoms with E-state index in [1.807, 2.05) is 0 Å². The van der Waals surface area contributed by atoms with Crippen LogP contribution in [0.2, 0.25) is 0 Å². The van der Waals surface area contributed by atoms with E-state index in [0.29, 0.717) is 17.5 Å². The summed E-state index contributed by atoms with van der Waals surface area (Å²) in [4.78, 5) is 15.7. The summed E-state index contributed by atoms with van der Waals surface area (Å²) >= 11 is 0. The maximum absolute atomic E-state index is 5.27. The van der Waals surface area contributed by atoms with Gasteiger partial charge < -0.3 is 0 Å². The van der Waals surface area contributed by atoms with E-state index >= 15 is 0 Å². The minimum atomic E-state index is 0.129. The van der Waals surface area contributed by atoms with Gasteiger partial charge in [-0.2, -0.15) is 0 Å². The number of nitrogens with zero attached hydrogens (tertiary/aromatic N) is 3. The Morgan fingerprint density at radius 1 is 0.339 bits per heavy atom. The molecule has 3 nitrogen and oxygen atoms in total. The van der Waals surface area contributed by atoms with Gasteiger partial charge in [0.1, 0.15) is 0 Å². The molecule has 1 aliphatic carbocycles. The number of fused-ring (bicyclic) bond motifs is 4. The van der Waals surface area contributed by atoms with E-state index in [1.165, 1.54) is 56.8 Å². The molecule has 0 N–H and O–H groups in total. The van der Waals surface area contributed by atoms with E-state index in [9.17, 15) is 0 Å². The van der Waals surface area contributed by atoms with Crippen molar-refractivity contribution in [3.63, 3.8) is 0 Å². The Morgan fingerprint density at radius 2 is 0.857 bits per heavy atom. The molecule has 0 radical (unpaired) electrons. The summed E-state index contributed by atoms with van der Waals surface area (Å²) in [6.07, 6.45) is 2.39. The topological polar surface area (TPSA) is 38.7 Å². The summed E-state index contributed by atoms with van der Waals surface area (Å²) in [5.74, 6) is 1.97. The lowest BCUT2D eigenvalue weighted by molar-refractivity contribution is 0.332. The molecule has 0 fully saturated rings. The molecule has 56 heavy (non-hydrogen) atoms. The SMILES string of the molecule is CC1(C)CCC(C)(C)c2cc(-c3ccc(-c4nc(-c5ccc(-c6ccc7ccccc7c6)cc5)nc(-c5cccc6ccccc56)n4)c4ccccc34)ccc21. The van der Waals surface area contributed by atoms with Gasteiger partial charge in [-0.25, -0.2) is 15.0 Å². The minimum absolute atomic E-state index is 0.129. The van der Waals surface area contributed by atoms with Crippen LogP contribution in [0.4, 0.5) is 0 Å². The van der Waals surface area contributed by atoms with Crippen LogP contribution in [0.1, 0.15) is 51.7 Å². The monoisotopic (exact) mass is 721 g/mol. The third-order valence-electron chi connectivity index (χ3n) is 12.2. The van der Waals surface area contributed by atoms with Gasteiger partial charge in [0.15, 0.2) is 17.5 Å². The van der Waals surface area contributed by atoms with E-state index in [0.717, 1.165) is 38.4 Å². The van der Waals surface area contributed by atoms with Crippen LogP contribution in [-0.2, 0) is 10.8 Å². The van der Waals surface area contributed by atoms with Gasteiger partial charge in [0.05, 0.1) is 0 Å². The third kappa shape index (κ3) is 5.86. The van der Waals surface area contributed by atoms with Crippen molar-refractivity contribution in [3.05, 3.63) is 175 Å². The van der Waals surface area contributed by atoms with Crippen LogP contribution in [0.5, 0.6) is 0 Å². The summed E-state index contributed by atoms with van der Waals surface area (Å²) in [6.45, 7) is 9.57. The second kappa shape index (κ2) is 13.1. The lowest BCUT2D eigenvalue weighted by Crippen LogP contribution is -2.33. The summed E-state index contributed by atoms with van der Waals surface area (Å²) in [5, 5.41) is 7.04. The largest absolute Gasteiger partial charge is 0.208 e. The molecule has 0 saturated heterocycles. The van der Waals surface area contributed by atoms with E-state index in [2.05, 4.69) is 191 Å². The molecule has 0 aliphatic heterocycles. The molecule has 9 aromatic rings. The molecule has 1 aromatic heterocycles. The molecule has 0 bridgehead atoms. The van der Waals surface area contributed by atoms with Crippen molar-refractivity contribution in [2.75, 3.05) is 0 Å². The Hall–Kier alpha value is -6.45. The van der Waals surface area contributed by atoms with Gasteiger partial charge in [0.25, 0.3) is 0 Å². The quantitative estimate of drug-likeness (QED) is 0.178. The minimum Gasteiger partial charge on any atom is -0.208 e. The molecule has 0 spiro atoms. The van der Waals surface area contributed by atoms with Gasteiger partial charge in [-0.15, -0.1) is 0 Å². The van der Waals surface area contributed by atoms with Gasteiger partial charge in [0, 0.05) is 16.7 Å². The van der Waals surface area contributed by atoms with Crippen LogP contribution in [0.25, 0.3) is 88.7 Å². The Bertz CT molecular complexity index is 2970. The Morgan fingerprint density at radius 3 is 1.61 bits per heavy atom. The fourth-order valence-electron chi connectivity index (χ4n) is 8.85. The highest BCUT2D eigenvalue weighted by molar-refractivity contribution is 6.04. The van der Waals surface area contributed by atoms with Crippen molar-refractivity contribution < 1.29 is 0 Å². The maximum atomic E-state index is 5.27. The van der Waals surface area contributed by atoms with Gasteiger partial charge in [-0.1, -0.05) is 179 Å². The molecule has 270 valence electrons. The van der Waals surface area contributed by atoms with Crippen molar-refractivity contribution >= 4 is 32.3 Å². The van der Waals surface area contributed by atoms with Crippen LogP contribution < -0.4 is 0 Å². The molecule has 0 atom stereocenters. The smallest absolute Gasteiger partial charge is 0.164 e. The van der Waals surface area contributed by atoms with Crippen molar-refractivity contribution in [1.29, 1.82) is 0 Å². The number of hydrogen-bond acceptors (Lipinski definition) is 3. The first-order valence-corrected chi connectivity index (χ1v) is 19.7. The van der Waals surface area contributed by atoms with Gasteiger partial charge in [0.2, 0.25) is 0 Å². The molecule has 3 heteroatoms. The highest BCUT2D eigenvalue weighted by atomic mass is 15.0. The predicted molar refractivity (Wildman–Crippen MR) is 235 cm³/mol. The summed E-state index contributed by atoms with van der Waals surface area (Å²) in [7, 11) is 0. The molecule has 8 aromatic carbocycles. The van der Waals surface area contributed by atoms with E-state index in [4.69, 9.17) is 15.0 Å². The highest BCUT2D eigenvalue weighted by Gasteiger charge is 2.37. The first-order valence-electron chi connectivity index (χ1n) is 19.7. The summed E-state index contributed by atoms with van der Waals surface area (Å²) in [6, 6.07) is 58.9.